The summed E-state index contributed by atoms with van der Waals surface area (Å²) in [4.78, 5) is 2.44. The van der Waals surface area contributed by atoms with Crippen LogP contribution in [0.2, 0.25) is 0 Å². The third-order valence-corrected chi connectivity index (χ3v) is 6.52. The van der Waals surface area contributed by atoms with E-state index in [9.17, 15) is 8.42 Å². The Morgan fingerprint density at radius 2 is 2.22 bits per heavy atom. The number of nitrogens with one attached hydrogen (secondary N) is 1. The van der Waals surface area contributed by atoms with Crippen molar-refractivity contribution >= 4 is 21.4 Å². The van der Waals surface area contributed by atoms with E-state index in [1.165, 1.54) is 0 Å². The summed E-state index contributed by atoms with van der Waals surface area (Å²) in [6.07, 6.45) is 1.90. The standard InChI is InChI=1S/C12H20N2O2S2/c1-9-7-12(10(2)17-9)18(15,16)14-6-4-5-11(14)8-13-3/h7,11,13H,4-6,8H2,1-3H3/t11-/m0/s1. The first-order valence-corrected chi connectivity index (χ1v) is 8.46. The van der Waals surface area contributed by atoms with Crippen molar-refractivity contribution in [1.29, 1.82) is 0 Å². The van der Waals surface area contributed by atoms with E-state index in [-0.39, 0.29) is 6.04 Å². The van der Waals surface area contributed by atoms with Gasteiger partial charge in [0.1, 0.15) is 0 Å². The van der Waals surface area contributed by atoms with Crippen LogP contribution in [0.3, 0.4) is 0 Å². The van der Waals surface area contributed by atoms with E-state index >= 15 is 0 Å². The van der Waals surface area contributed by atoms with E-state index in [0.717, 1.165) is 29.1 Å². The van der Waals surface area contributed by atoms with Crippen molar-refractivity contribution in [2.75, 3.05) is 20.1 Å². The summed E-state index contributed by atoms with van der Waals surface area (Å²) < 4.78 is 27.0. The number of rotatable bonds is 4. The fourth-order valence-electron chi connectivity index (χ4n) is 2.56. The van der Waals surface area contributed by atoms with E-state index in [2.05, 4.69) is 5.32 Å². The van der Waals surface area contributed by atoms with Gasteiger partial charge in [-0.1, -0.05) is 0 Å². The summed E-state index contributed by atoms with van der Waals surface area (Å²) in [7, 11) is -1.45. The van der Waals surface area contributed by atoms with Crippen LogP contribution in [0, 0.1) is 13.8 Å². The lowest BCUT2D eigenvalue weighted by atomic mass is 10.2. The minimum absolute atomic E-state index is 0.0969. The van der Waals surface area contributed by atoms with Gasteiger partial charge in [-0.05, 0) is 39.8 Å². The molecular weight excluding hydrogens is 268 g/mol. The molecule has 102 valence electrons. The van der Waals surface area contributed by atoms with Gasteiger partial charge >= 0.3 is 0 Å². The van der Waals surface area contributed by atoms with Gasteiger partial charge in [0.25, 0.3) is 0 Å². The molecule has 1 fully saturated rings. The average molecular weight is 288 g/mol. The molecule has 1 aromatic rings. The largest absolute Gasteiger partial charge is 0.318 e. The molecule has 0 aromatic carbocycles. The normalized spacial score (nSPS) is 21.6. The molecule has 2 heterocycles. The predicted octanol–water partition coefficient (Wildman–Crippen LogP) is 1.74. The van der Waals surface area contributed by atoms with Crippen LogP contribution >= 0.6 is 11.3 Å². The summed E-state index contributed by atoms with van der Waals surface area (Å²) in [6.45, 7) is 5.20. The van der Waals surface area contributed by atoms with Crippen molar-refractivity contribution in [1.82, 2.24) is 9.62 Å². The molecule has 0 amide bonds. The van der Waals surface area contributed by atoms with Gasteiger partial charge in [-0.15, -0.1) is 11.3 Å². The first-order chi connectivity index (χ1) is 8.46. The zero-order valence-corrected chi connectivity index (χ0v) is 12.7. The number of likely N-dealkylation sites (N-methyl/N-ethyl adjacent to an activating group) is 1. The Balaban J connectivity index is 2.33. The Bertz CT molecular complexity index is 522. The SMILES string of the molecule is CNC[C@@H]1CCCN1S(=O)(=O)c1cc(C)sc1C. The Morgan fingerprint density at radius 1 is 1.50 bits per heavy atom. The van der Waals surface area contributed by atoms with Crippen LogP contribution in [0.25, 0.3) is 0 Å². The lowest BCUT2D eigenvalue weighted by molar-refractivity contribution is 0.379. The molecule has 4 nitrogen and oxygen atoms in total. The van der Waals surface area contributed by atoms with Gasteiger partial charge in [-0.25, -0.2) is 8.42 Å². The topological polar surface area (TPSA) is 49.4 Å². The number of nitrogens with zero attached hydrogens (tertiary/aromatic N) is 1. The van der Waals surface area contributed by atoms with Crippen LogP contribution < -0.4 is 5.32 Å². The highest BCUT2D eigenvalue weighted by Crippen LogP contribution is 2.31. The Labute approximate surface area is 113 Å². The molecule has 1 N–H and O–H groups in total. The lowest BCUT2D eigenvalue weighted by Gasteiger charge is -2.23. The molecule has 0 unspecified atom stereocenters. The van der Waals surface area contributed by atoms with Crippen LogP contribution in [0.5, 0.6) is 0 Å². The van der Waals surface area contributed by atoms with Crippen LogP contribution in [0.15, 0.2) is 11.0 Å². The Kier molecular flexibility index (Phi) is 4.11. The maximum Gasteiger partial charge on any atom is 0.244 e. The third-order valence-electron chi connectivity index (χ3n) is 3.34. The molecule has 1 atom stereocenters. The van der Waals surface area contributed by atoms with Gasteiger partial charge in [0.05, 0.1) is 4.90 Å². The molecule has 1 aromatic heterocycles. The fourth-order valence-corrected chi connectivity index (χ4v) is 5.77. The molecule has 1 aliphatic heterocycles. The first kappa shape index (κ1) is 14.0. The molecule has 0 bridgehead atoms. The molecular formula is C12H20N2O2S2. The number of sulfonamides is 1. The number of aryl methyl sites for hydroxylation is 2. The summed E-state index contributed by atoms with van der Waals surface area (Å²) in [6, 6.07) is 1.89. The summed E-state index contributed by atoms with van der Waals surface area (Å²) >= 11 is 1.55. The highest BCUT2D eigenvalue weighted by atomic mass is 32.2. The van der Waals surface area contributed by atoms with E-state index in [1.807, 2.05) is 20.9 Å². The second kappa shape index (κ2) is 5.28. The Hall–Kier alpha value is -0.430. The smallest absolute Gasteiger partial charge is 0.244 e. The minimum atomic E-state index is -3.32. The van der Waals surface area contributed by atoms with Crippen molar-refractivity contribution in [2.45, 2.75) is 37.6 Å². The maximum absolute atomic E-state index is 12.7. The molecule has 1 saturated heterocycles. The van der Waals surface area contributed by atoms with Gasteiger partial charge in [-0.2, -0.15) is 4.31 Å². The van der Waals surface area contributed by atoms with Gasteiger partial charge < -0.3 is 5.32 Å². The van der Waals surface area contributed by atoms with E-state index in [0.29, 0.717) is 11.4 Å². The van der Waals surface area contributed by atoms with Crippen molar-refractivity contribution in [3.63, 3.8) is 0 Å². The summed E-state index contributed by atoms with van der Waals surface area (Å²) in [5.74, 6) is 0. The van der Waals surface area contributed by atoms with Gasteiger partial charge in [0.2, 0.25) is 10.0 Å². The fraction of sp³-hybridized carbons (Fsp3) is 0.667. The Morgan fingerprint density at radius 3 is 2.78 bits per heavy atom. The van der Waals surface area contributed by atoms with Gasteiger partial charge in [0.15, 0.2) is 0 Å². The highest BCUT2D eigenvalue weighted by molar-refractivity contribution is 7.89. The van der Waals surface area contributed by atoms with Crippen LogP contribution in [0.4, 0.5) is 0 Å². The van der Waals surface area contributed by atoms with Crippen molar-refractivity contribution in [2.24, 2.45) is 0 Å². The van der Waals surface area contributed by atoms with Crippen molar-refractivity contribution < 1.29 is 8.42 Å². The molecule has 0 aliphatic carbocycles. The number of thiophene rings is 1. The molecule has 0 saturated carbocycles. The van der Waals surface area contributed by atoms with Crippen LogP contribution in [0.1, 0.15) is 22.6 Å². The quantitative estimate of drug-likeness (QED) is 0.918. The van der Waals surface area contributed by atoms with Gasteiger partial charge in [0, 0.05) is 28.9 Å². The highest BCUT2D eigenvalue weighted by Gasteiger charge is 2.36. The zero-order valence-electron chi connectivity index (χ0n) is 11.1. The van der Waals surface area contributed by atoms with Crippen LogP contribution in [-0.2, 0) is 10.0 Å². The number of hydrogen-bond donors (Lipinski definition) is 1. The van der Waals surface area contributed by atoms with E-state index < -0.39 is 10.0 Å². The molecule has 0 radical (unpaired) electrons. The lowest BCUT2D eigenvalue weighted by Crippen LogP contribution is -2.40. The van der Waals surface area contributed by atoms with Crippen molar-refractivity contribution in [3.05, 3.63) is 15.8 Å². The van der Waals surface area contributed by atoms with E-state index in [1.54, 1.807) is 21.7 Å². The molecule has 18 heavy (non-hydrogen) atoms. The first-order valence-electron chi connectivity index (χ1n) is 6.20. The average Bonchev–Trinajstić information content (AvgIpc) is 2.86. The van der Waals surface area contributed by atoms with Crippen LogP contribution in [-0.4, -0.2) is 38.9 Å². The molecule has 1 aliphatic rings. The molecule has 0 spiro atoms. The second-order valence-corrected chi connectivity index (χ2v) is 8.07. The second-order valence-electron chi connectivity index (χ2n) is 4.75. The predicted molar refractivity (Wildman–Crippen MR) is 74.6 cm³/mol. The molecule has 6 heteroatoms. The summed E-state index contributed by atoms with van der Waals surface area (Å²) in [5.41, 5.74) is 0. The molecule has 2 rings (SSSR count). The van der Waals surface area contributed by atoms with Gasteiger partial charge in [-0.3, -0.25) is 0 Å². The van der Waals surface area contributed by atoms with E-state index in [4.69, 9.17) is 0 Å². The maximum atomic E-state index is 12.7. The monoisotopic (exact) mass is 288 g/mol. The minimum Gasteiger partial charge on any atom is -0.318 e. The van der Waals surface area contributed by atoms with Crippen molar-refractivity contribution in [3.8, 4) is 0 Å². The third kappa shape index (κ3) is 2.47. The number of hydrogen-bond acceptors (Lipinski definition) is 4. The zero-order chi connectivity index (χ0) is 13.3. The summed E-state index contributed by atoms with van der Waals surface area (Å²) in [5, 5.41) is 3.08.